The Balaban J connectivity index is 1.36. The molecule has 0 radical (unpaired) electrons. The van der Waals surface area contributed by atoms with Crippen LogP contribution in [0.25, 0.3) is 0 Å². The fourth-order valence-electron chi connectivity index (χ4n) is 3.37. The summed E-state index contributed by atoms with van der Waals surface area (Å²) in [5, 5.41) is 3.52. The van der Waals surface area contributed by atoms with Crippen LogP contribution >= 0.6 is 11.3 Å². The molecule has 0 spiro atoms. The van der Waals surface area contributed by atoms with E-state index in [0.29, 0.717) is 27.1 Å². The number of ether oxygens (including phenoxy) is 1. The molecule has 2 aromatic heterocycles. The maximum Gasteiger partial charge on any atom is 0.268 e. The van der Waals surface area contributed by atoms with Gasteiger partial charge in [-0.3, -0.25) is 4.79 Å². The van der Waals surface area contributed by atoms with Crippen LogP contribution in [0.1, 0.15) is 39.6 Å². The van der Waals surface area contributed by atoms with Crippen molar-refractivity contribution in [2.24, 2.45) is 0 Å². The van der Waals surface area contributed by atoms with Crippen molar-refractivity contribution in [1.82, 2.24) is 9.97 Å². The second-order valence-corrected chi connectivity index (χ2v) is 8.25. The minimum Gasteiger partial charge on any atom is -0.486 e. The summed E-state index contributed by atoms with van der Waals surface area (Å²) in [5.41, 5.74) is 1.72. The van der Waals surface area contributed by atoms with Gasteiger partial charge in [-0.1, -0.05) is 0 Å². The van der Waals surface area contributed by atoms with Crippen molar-refractivity contribution in [3.05, 3.63) is 64.0 Å². The Bertz CT molecular complexity index is 999. The molecule has 3 heterocycles. The van der Waals surface area contributed by atoms with E-state index in [4.69, 9.17) is 4.74 Å². The van der Waals surface area contributed by atoms with Crippen LogP contribution in [0.4, 0.5) is 15.9 Å². The number of rotatable bonds is 6. The maximum atomic E-state index is 13.0. The van der Waals surface area contributed by atoms with Crippen LogP contribution in [0, 0.1) is 12.7 Å². The smallest absolute Gasteiger partial charge is 0.268 e. The van der Waals surface area contributed by atoms with Crippen molar-refractivity contribution in [1.29, 1.82) is 0 Å². The molecule has 0 aliphatic carbocycles. The van der Waals surface area contributed by atoms with Gasteiger partial charge in [0.2, 0.25) is 0 Å². The van der Waals surface area contributed by atoms with Crippen LogP contribution in [0.3, 0.4) is 0 Å². The minimum atomic E-state index is -0.316. The average Bonchev–Trinajstić information content (AvgIpc) is 3.15. The van der Waals surface area contributed by atoms with Gasteiger partial charge in [0.1, 0.15) is 33.9 Å². The second-order valence-electron chi connectivity index (χ2n) is 7.17. The number of nitrogens with zero attached hydrogens (tertiary/aromatic N) is 3. The third-order valence-corrected chi connectivity index (χ3v) is 6.06. The molecule has 0 atom stereocenters. The number of thiazole rings is 1. The van der Waals surface area contributed by atoms with Gasteiger partial charge >= 0.3 is 0 Å². The number of halogens is 1. The Labute approximate surface area is 178 Å². The van der Waals surface area contributed by atoms with E-state index in [2.05, 4.69) is 20.2 Å². The number of hydrogen-bond donors (Lipinski definition) is 1. The lowest BCUT2D eigenvalue weighted by atomic mass is 10.1. The summed E-state index contributed by atoms with van der Waals surface area (Å²) in [5.74, 6) is 0.506. The number of piperidine rings is 1. The number of anilines is 2. The topological polar surface area (TPSA) is 67.3 Å². The van der Waals surface area contributed by atoms with Crippen LogP contribution in [0.2, 0.25) is 0 Å². The largest absolute Gasteiger partial charge is 0.486 e. The molecule has 1 saturated heterocycles. The number of benzene rings is 1. The van der Waals surface area contributed by atoms with Crippen molar-refractivity contribution in [2.75, 3.05) is 23.3 Å². The third kappa shape index (κ3) is 4.94. The molecule has 1 N–H and O–H groups in total. The predicted molar refractivity (Wildman–Crippen MR) is 116 cm³/mol. The van der Waals surface area contributed by atoms with Crippen molar-refractivity contribution in [3.8, 4) is 5.75 Å². The maximum absolute atomic E-state index is 13.0. The molecule has 0 saturated carbocycles. The Morgan fingerprint density at radius 3 is 2.63 bits per heavy atom. The first-order chi connectivity index (χ1) is 14.6. The van der Waals surface area contributed by atoms with Crippen LogP contribution < -0.4 is 15.0 Å². The Morgan fingerprint density at radius 2 is 1.93 bits per heavy atom. The van der Waals surface area contributed by atoms with Gasteiger partial charge in [-0.25, -0.2) is 14.4 Å². The molecule has 0 unspecified atom stereocenters. The van der Waals surface area contributed by atoms with Gasteiger partial charge in [0.15, 0.2) is 0 Å². The quantitative estimate of drug-likeness (QED) is 0.613. The average molecular weight is 427 g/mol. The highest BCUT2D eigenvalue weighted by Crippen LogP contribution is 2.23. The van der Waals surface area contributed by atoms with E-state index < -0.39 is 0 Å². The van der Waals surface area contributed by atoms with E-state index in [9.17, 15) is 9.18 Å². The number of carbonyl (C=O) groups is 1. The van der Waals surface area contributed by atoms with Gasteiger partial charge in [0.25, 0.3) is 5.91 Å². The number of amides is 1. The molecule has 6 nitrogen and oxygen atoms in total. The molecular weight excluding hydrogens is 403 g/mol. The molecule has 4 rings (SSSR count). The summed E-state index contributed by atoms with van der Waals surface area (Å²) in [6.07, 6.45) is 5.50. The molecule has 156 valence electrons. The molecule has 30 heavy (non-hydrogen) atoms. The van der Waals surface area contributed by atoms with E-state index in [1.54, 1.807) is 19.1 Å². The normalized spacial score (nSPS) is 13.9. The number of aromatic nitrogens is 2. The van der Waals surface area contributed by atoms with Gasteiger partial charge in [0.05, 0.1) is 17.6 Å². The predicted octanol–water partition coefficient (Wildman–Crippen LogP) is 4.81. The lowest BCUT2D eigenvalue weighted by Gasteiger charge is -2.28. The number of nitrogens with one attached hydrogen (secondary N) is 1. The summed E-state index contributed by atoms with van der Waals surface area (Å²) in [6.45, 7) is 4.11. The van der Waals surface area contributed by atoms with E-state index in [1.165, 1.54) is 42.7 Å². The molecule has 1 fully saturated rings. The number of aryl methyl sites for hydroxylation is 1. The van der Waals surface area contributed by atoms with Crippen LogP contribution in [-0.2, 0) is 6.61 Å². The van der Waals surface area contributed by atoms with E-state index >= 15 is 0 Å². The lowest BCUT2D eigenvalue weighted by Crippen LogP contribution is -2.29. The molecule has 1 aliphatic rings. The monoisotopic (exact) mass is 426 g/mol. The molecule has 1 amide bonds. The van der Waals surface area contributed by atoms with Gasteiger partial charge in [-0.2, -0.15) is 0 Å². The molecule has 8 heteroatoms. The van der Waals surface area contributed by atoms with Crippen molar-refractivity contribution >= 4 is 28.7 Å². The molecule has 0 bridgehead atoms. The van der Waals surface area contributed by atoms with Crippen molar-refractivity contribution in [2.45, 2.75) is 32.8 Å². The zero-order valence-electron chi connectivity index (χ0n) is 16.7. The Hall–Kier alpha value is -3.00. The number of hydrogen-bond acceptors (Lipinski definition) is 6. The fourth-order valence-corrected chi connectivity index (χ4v) is 4.25. The molecular formula is C22H23FN4O2S. The Kier molecular flexibility index (Phi) is 6.23. The summed E-state index contributed by atoms with van der Waals surface area (Å²) >= 11 is 1.28. The van der Waals surface area contributed by atoms with Gasteiger partial charge in [-0.05, 0) is 62.6 Å². The Morgan fingerprint density at radius 1 is 1.17 bits per heavy atom. The fraction of sp³-hybridized carbons (Fsp3) is 0.318. The van der Waals surface area contributed by atoms with Crippen LogP contribution in [0.5, 0.6) is 5.75 Å². The van der Waals surface area contributed by atoms with E-state index in [-0.39, 0.29) is 18.3 Å². The lowest BCUT2D eigenvalue weighted by molar-refractivity contribution is 0.102. The first-order valence-electron chi connectivity index (χ1n) is 9.95. The number of pyridine rings is 1. The zero-order chi connectivity index (χ0) is 20.9. The highest BCUT2D eigenvalue weighted by molar-refractivity contribution is 7.13. The highest BCUT2D eigenvalue weighted by Gasteiger charge is 2.17. The van der Waals surface area contributed by atoms with Gasteiger partial charge < -0.3 is 15.0 Å². The van der Waals surface area contributed by atoms with Gasteiger partial charge in [0, 0.05) is 13.1 Å². The van der Waals surface area contributed by atoms with Gasteiger partial charge in [-0.15, -0.1) is 11.3 Å². The molecule has 3 aromatic rings. The minimum absolute atomic E-state index is 0.215. The highest BCUT2D eigenvalue weighted by atomic mass is 32.1. The number of carbonyl (C=O) groups excluding carboxylic acids is 1. The summed E-state index contributed by atoms with van der Waals surface area (Å²) < 4.78 is 18.6. The molecule has 1 aromatic carbocycles. The van der Waals surface area contributed by atoms with Crippen molar-refractivity contribution < 1.29 is 13.9 Å². The standard InChI is InChI=1S/C22H23FN4O2S/c1-15-21(30-20(25-15)14-29-18-8-5-16(23)6-9-18)22(28)26-19-10-7-17(13-24-19)27-11-3-2-4-12-27/h5-10,13H,2-4,11-12,14H2,1H3,(H,24,26,28). The third-order valence-electron chi connectivity index (χ3n) is 4.93. The molecule has 1 aliphatic heterocycles. The summed E-state index contributed by atoms with van der Waals surface area (Å²) in [6, 6.07) is 9.62. The first-order valence-corrected chi connectivity index (χ1v) is 10.8. The van der Waals surface area contributed by atoms with E-state index in [1.807, 2.05) is 18.3 Å². The van der Waals surface area contributed by atoms with Crippen molar-refractivity contribution in [3.63, 3.8) is 0 Å². The van der Waals surface area contributed by atoms with Crippen LogP contribution in [0.15, 0.2) is 42.6 Å². The summed E-state index contributed by atoms with van der Waals surface area (Å²) in [7, 11) is 0. The summed E-state index contributed by atoms with van der Waals surface area (Å²) in [4.78, 5) is 24.3. The first kappa shape index (κ1) is 20.3. The van der Waals surface area contributed by atoms with E-state index in [0.717, 1.165) is 18.8 Å². The SMILES string of the molecule is Cc1nc(COc2ccc(F)cc2)sc1C(=O)Nc1ccc(N2CCCCC2)cn1. The zero-order valence-corrected chi connectivity index (χ0v) is 17.5. The van der Waals surface area contributed by atoms with Crippen LogP contribution in [-0.4, -0.2) is 29.0 Å². The second kappa shape index (κ2) is 9.21.